The van der Waals surface area contributed by atoms with E-state index in [1.807, 2.05) is 0 Å². The Morgan fingerprint density at radius 2 is 1.56 bits per heavy atom. The number of phenolic OH excluding ortho intramolecular Hbond substituents is 1. The van der Waals surface area contributed by atoms with Gasteiger partial charge in [0.2, 0.25) is 5.82 Å². The van der Waals surface area contributed by atoms with Gasteiger partial charge in [-0.1, -0.05) is 6.08 Å². The third-order valence-electron chi connectivity index (χ3n) is 11.9. The van der Waals surface area contributed by atoms with Crippen LogP contribution in [-0.2, 0) is 42.6 Å². The molecule has 322 valence electrons. The third kappa shape index (κ3) is 5.41. The van der Waals surface area contributed by atoms with Gasteiger partial charge >= 0.3 is 11.4 Å². The number of imide groups is 1. The van der Waals surface area contributed by atoms with Crippen molar-refractivity contribution < 1.29 is 50.9 Å². The van der Waals surface area contributed by atoms with Crippen molar-refractivity contribution >= 4 is 51.7 Å². The van der Waals surface area contributed by atoms with Gasteiger partial charge in [0.25, 0.3) is 17.4 Å². The molecule has 3 aliphatic heterocycles. The molecule has 15 nitrogen and oxygen atoms in total. The van der Waals surface area contributed by atoms with E-state index in [4.69, 9.17) is 37.4 Å². The standard InChI is InChI=1S/C40H29Cl2F5N6O9/c1-49-22-13-26(61-3)25(60-2)12-21(22)48-20(34(49)55)7-8-50-37(58)51-9-6-19-23(53(51)38(50)59)14-39(41)35(56)52(33-31(46)29(44)28(43)30(45)32(33)47)36(57)40(39,42)27(19)17-10-16-11-18(54)4-5-24(16)62-15-17/h4-6,11-13,15,23,27,54H,7-10,14H2,1-3H3/t23-,27+,39-,40+/m1/s1. The largest absolute Gasteiger partial charge is 0.508 e. The Labute approximate surface area is 353 Å². The molecule has 2 fully saturated rings. The van der Waals surface area contributed by atoms with Crippen molar-refractivity contribution in [2.75, 3.05) is 19.1 Å². The van der Waals surface area contributed by atoms with E-state index in [0.29, 0.717) is 28.1 Å². The fraction of sp³-hybridized carbons (Fsp3) is 0.300. The second-order valence-electron chi connectivity index (χ2n) is 15.0. The Kier molecular flexibility index (Phi) is 9.29. The van der Waals surface area contributed by atoms with Gasteiger partial charge in [-0.05, 0) is 29.3 Å². The lowest BCUT2D eigenvalue weighted by Crippen LogP contribution is -2.61. The van der Waals surface area contributed by atoms with Gasteiger partial charge < -0.3 is 23.9 Å². The first kappa shape index (κ1) is 41.0. The van der Waals surface area contributed by atoms with Gasteiger partial charge in [-0.15, -0.1) is 23.2 Å². The van der Waals surface area contributed by atoms with E-state index in [0.717, 1.165) is 13.9 Å². The number of aromatic nitrogens is 5. The summed E-state index contributed by atoms with van der Waals surface area (Å²) < 4.78 is 94.9. The van der Waals surface area contributed by atoms with Crippen LogP contribution in [0, 0.1) is 35.0 Å². The first-order valence-corrected chi connectivity index (χ1v) is 19.3. The molecule has 0 radical (unpaired) electrons. The Morgan fingerprint density at radius 1 is 0.903 bits per heavy atom. The maximum Gasteiger partial charge on any atom is 0.347 e. The number of aryl methyl sites for hydroxylation is 2. The summed E-state index contributed by atoms with van der Waals surface area (Å²) in [6.07, 6.45) is 1.42. The number of fused-ring (bicyclic) bond motifs is 6. The summed E-state index contributed by atoms with van der Waals surface area (Å²) in [5.41, 5.74) is -3.00. The summed E-state index contributed by atoms with van der Waals surface area (Å²) in [6.45, 7) is -0.717. The molecule has 62 heavy (non-hydrogen) atoms. The maximum absolute atomic E-state index is 15.4. The summed E-state index contributed by atoms with van der Waals surface area (Å²) in [5, 5.41) is 10.3. The van der Waals surface area contributed by atoms with Gasteiger partial charge in [0.1, 0.15) is 22.9 Å². The minimum absolute atomic E-state index is 0.0188. The number of nitrogens with zero attached hydrogens (tertiary/aromatic N) is 6. The summed E-state index contributed by atoms with van der Waals surface area (Å²) in [6, 6.07) is 5.82. The molecule has 1 saturated heterocycles. The van der Waals surface area contributed by atoms with E-state index >= 15 is 8.78 Å². The fourth-order valence-electron chi connectivity index (χ4n) is 8.97. The lowest BCUT2D eigenvalue weighted by molar-refractivity contribution is -0.122. The van der Waals surface area contributed by atoms with Crippen molar-refractivity contribution in [3.63, 3.8) is 0 Å². The predicted octanol–water partition coefficient (Wildman–Crippen LogP) is 4.27. The number of hydrogen-bond donors (Lipinski definition) is 1. The molecule has 0 spiro atoms. The second-order valence-corrected chi connectivity index (χ2v) is 16.3. The molecule has 22 heteroatoms. The molecule has 2 amide bonds. The highest BCUT2D eigenvalue weighted by Gasteiger charge is 2.76. The van der Waals surface area contributed by atoms with Gasteiger partial charge in [0.15, 0.2) is 44.5 Å². The van der Waals surface area contributed by atoms with E-state index in [1.54, 1.807) is 12.1 Å². The molecule has 9 rings (SSSR count). The zero-order chi connectivity index (χ0) is 44.5. The number of carbonyl (C=O) groups excluding carboxylic acids is 2. The number of carbonyl (C=O) groups is 2. The first-order chi connectivity index (χ1) is 29.4. The van der Waals surface area contributed by atoms with E-state index < -0.39 is 91.7 Å². The highest BCUT2D eigenvalue weighted by molar-refractivity contribution is 6.58. The summed E-state index contributed by atoms with van der Waals surface area (Å²) >= 11 is 14.4. The summed E-state index contributed by atoms with van der Waals surface area (Å²) in [7, 11) is 4.35. The number of allylic oxidation sites excluding steroid dienone is 3. The number of amides is 2. The molecule has 4 atom stereocenters. The van der Waals surface area contributed by atoms with Crippen LogP contribution in [0.3, 0.4) is 0 Å². The number of hydrogen-bond acceptors (Lipinski definition) is 10. The van der Waals surface area contributed by atoms with E-state index in [9.17, 15) is 42.3 Å². The minimum Gasteiger partial charge on any atom is -0.508 e. The van der Waals surface area contributed by atoms with Crippen LogP contribution in [-0.4, -0.2) is 64.4 Å². The molecular weight excluding hydrogens is 874 g/mol. The summed E-state index contributed by atoms with van der Waals surface area (Å²) in [5.74, 6) is -16.7. The highest BCUT2D eigenvalue weighted by atomic mass is 35.5. The van der Waals surface area contributed by atoms with E-state index in [-0.39, 0.29) is 59.2 Å². The Balaban J connectivity index is 1.16. The van der Waals surface area contributed by atoms with Crippen LogP contribution in [0.1, 0.15) is 23.7 Å². The first-order valence-electron chi connectivity index (χ1n) is 18.6. The van der Waals surface area contributed by atoms with Crippen LogP contribution in [0.25, 0.3) is 11.0 Å². The van der Waals surface area contributed by atoms with Crippen molar-refractivity contribution in [3.05, 3.63) is 125 Å². The number of halogens is 7. The van der Waals surface area contributed by atoms with Crippen LogP contribution in [0.4, 0.5) is 27.6 Å². The number of methoxy groups -OCH3 is 2. The molecule has 5 aromatic rings. The molecule has 0 bridgehead atoms. The van der Waals surface area contributed by atoms with Crippen molar-refractivity contribution in [2.24, 2.45) is 13.0 Å². The molecule has 1 aliphatic carbocycles. The Hall–Kier alpha value is -6.41. The van der Waals surface area contributed by atoms with Gasteiger partial charge in [0, 0.05) is 56.5 Å². The average Bonchev–Trinajstić information content (AvgIpc) is 3.58. The van der Waals surface area contributed by atoms with Crippen LogP contribution in [0.5, 0.6) is 23.0 Å². The van der Waals surface area contributed by atoms with Crippen molar-refractivity contribution in [3.8, 4) is 23.0 Å². The molecule has 1 N–H and O–H groups in total. The SMILES string of the molecule is COc1cc2nc(CCn3c(=O)n4n(c3=O)[C@@H]3C[C@@]5(Cl)C(=O)N(c6c(F)c(F)c(F)c(F)c6F)C(=O)[C@@]5(Cl)[C@@H](C5=COc6ccc(O)cc6C5)C3=CC4)c(=O)n(C)c2cc1OC. The minimum atomic E-state index is -2.80. The number of anilines is 1. The third-order valence-corrected chi connectivity index (χ3v) is 13.3. The van der Waals surface area contributed by atoms with Crippen LogP contribution in [0.2, 0.25) is 0 Å². The number of aromatic hydroxyl groups is 1. The summed E-state index contributed by atoms with van der Waals surface area (Å²) in [4.78, 5) is 69.6. The Morgan fingerprint density at radius 3 is 2.24 bits per heavy atom. The predicted molar refractivity (Wildman–Crippen MR) is 208 cm³/mol. The monoisotopic (exact) mass is 902 g/mol. The maximum atomic E-state index is 15.4. The van der Waals surface area contributed by atoms with E-state index in [1.165, 1.54) is 56.4 Å². The smallest absolute Gasteiger partial charge is 0.347 e. The van der Waals surface area contributed by atoms with Gasteiger partial charge in [-0.3, -0.25) is 14.4 Å². The van der Waals surface area contributed by atoms with Crippen molar-refractivity contribution in [1.29, 1.82) is 0 Å². The quantitative estimate of drug-likeness (QED) is 0.0622. The molecule has 1 saturated carbocycles. The second kappa shape index (κ2) is 14.1. The molecule has 5 heterocycles. The molecular formula is C40H29Cl2F5N6O9. The van der Waals surface area contributed by atoms with Crippen LogP contribution < -0.4 is 36.0 Å². The van der Waals surface area contributed by atoms with Crippen LogP contribution in [0.15, 0.2) is 68.2 Å². The number of rotatable bonds is 7. The highest BCUT2D eigenvalue weighted by Crippen LogP contribution is 2.63. The lowest BCUT2D eigenvalue weighted by atomic mass is 9.63. The molecule has 0 unspecified atom stereocenters. The fourth-order valence-corrected chi connectivity index (χ4v) is 9.90. The number of ether oxygens (including phenoxy) is 3. The zero-order valence-electron chi connectivity index (χ0n) is 32.3. The number of alkyl halides is 2. The topological polar surface area (TPSA) is 169 Å². The Bertz CT molecular complexity index is 3100. The molecule has 2 aromatic heterocycles. The lowest BCUT2D eigenvalue weighted by Gasteiger charge is -2.49. The van der Waals surface area contributed by atoms with Gasteiger partial charge in [-0.2, -0.15) is 0 Å². The van der Waals surface area contributed by atoms with Gasteiger partial charge in [0.05, 0.1) is 44.1 Å². The van der Waals surface area contributed by atoms with E-state index in [2.05, 4.69) is 4.98 Å². The van der Waals surface area contributed by atoms with Crippen LogP contribution >= 0.6 is 23.2 Å². The number of phenols is 1. The molecule has 3 aromatic carbocycles. The molecule has 4 aliphatic rings. The van der Waals surface area contributed by atoms with Crippen molar-refractivity contribution in [1.82, 2.24) is 23.5 Å². The zero-order valence-corrected chi connectivity index (χ0v) is 33.8. The average molecular weight is 904 g/mol. The van der Waals surface area contributed by atoms with Crippen molar-refractivity contribution in [2.45, 2.75) is 48.1 Å². The van der Waals surface area contributed by atoms with Gasteiger partial charge in [-0.25, -0.2) is 55.4 Å². The number of benzene rings is 3. The normalized spacial score (nSPS) is 22.7.